The lowest BCUT2D eigenvalue weighted by atomic mass is 10.1. The van der Waals surface area contributed by atoms with Gasteiger partial charge in [0, 0.05) is 23.8 Å². The summed E-state index contributed by atoms with van der Waals surface area (Å²) in [5, 5.41) is 9.59. The fraction of sp³-hybridized carbons (Fsp3) is 0.154. The zero-order valence-electron chi connectivity index (χ0n) is 18.9. The lowest BCUT2D eigenvalue weighted by molar-refractivity contribution is -0.115. The SMILES string of the molecule is Cc1noc(C)c1COc1ccc(CC(=O)Nc2cccc(NC(=O)c3cccnc3)c2)cc1. The van der Waals surface area contributed by atoms with Crippen molar-refractivity contribution in [2.24, 2.45) is 0 Å². The van der Waals surface area contributed by atoms with Crippen LogP contribution in [-0.2, 0) is 17.8 Å². The number of rotatable bonds is 8. The van der Waals surface area contributed by atoms with E-state index < -0.39 is 0 Å². The van der Waals surface area contributed by atoms with Gasteiger partial charge in [-0.25, -0.2) is 0 Å². The van der Waals surface area contributed by atoms with Crippen LogP contribution in [0, 0.1) is 13.8 Å². The first-order valence-corrected chi connectivity index (χ1v) is 10.7. The Morgan fingerprint density at radius 3 is 2.41 bits per heavy atom. The van der Waals surface area contributed by atoms with Crippen molar-refractivity contribution in [1.82, 2.24) is 10.1 Å². The first-order valence-electron chi connectivity index (χ1n) is 10.7. The smallest absolute Gasteiger partial charge is 0.257 e. The van der Waals surface area contributed by atoms with Crippen LogP contribution in [-0.4, -0.2) is 22.0 Å². The van der Waals surface area contributed by atoms with Crippen LogP contribution < -0.4 is 15.4 Å². The normalized spacial score (nSPS) is 10.5. The van der Waals surface area contributed by atoms with Crippen molar-refractivity contribution >= 4 is 23.2 Å². The van der Waals surface area contributed by atoms with Crippen molar-refractivity contribution in [3.63, 3.8) is 0 Å². The molecule has 2 aromatic carbocycles. The second-order valence-electron chi connectivity index (χ2n) is 7.74. The molecule has 0 atom stereocenters. The van der Waals surface area contributed by atoms with Crippen molar-refractivity contribution in [1.29, 1.82) is 0 Å². The molecule has 2 N–H and O–H groups in total. The Morgan fingerprint density at radius 2 is 1.74 bits per heavy atom. The van der Waals surface area contributed by atoms with Crippen molar-refractivity contribution in [2.75, 3.05) is 10.6 Å². The van der Waals surface area contributed by atoms with Crippen molar-refractivity contribution in [3.8, 4) is 5.75 Å². The van der Waals surface area contributed by atoms with E-state index in [1.54, 1.807) is 42.6 Å². The van der Waals surface area contributed by atoms with Gasteiger partial charge in [-0.05, 0) is 61.9 Å². The summed E-state index contributed by atoms with van der Waals surface area (Å²) in [4.78, 5) is 28.8. The molecule has 2 heterocycles. The molecule has 4 rings (SSSR count). The Morgan fingerprint density at radius 1 is 0.971 bits per heavy atom. The molecule has 8 nitrogen and oxygen atoms in total. The number of carbonyl (C=O) groups is 2. The Hall–Kier alpha value is -4.46. The van der Waals surface area contributed by atoms with E-state index in [0.717, 1.165) is 22.6 Å². The van der Waals surface area contributed by atoms with Crippen LogP contribution in [0.1, 0.15) is 32.9 Å². The molecule has 0 fully saturated rings. The third-order valence-corrected chi connectivity index (χ3v) is 5.18. The standard InChI is InChI=1S/C26H24N4O4/c1-17-24(18(2)34-30-17)16-33-23-10-8-19(9-11-23)13-25(31)28-21-6-3-7-22(14-21)29-26(32)20-5-4-12-27-15-20/h3-12,14-15H,13,16H2,1-2H3,(H,28,31)(H,29,32). The van der Waals surface area contributed by atoms with Crippen molar-refractivity contribution in [2.45, 2.75) is 26.9 Å². The van der Waals surface area contributed by atoms with E-state index in [2.05, 4.69) is 20.8 Å². The maximum absolute atomic E-state index is 12.5. The minimum atomic E-state index is -0.270. The molecular formula is C26H24N4O4. The average Bonchev–Trinajstić information content (AvgIpc) is 3.16. The minimum Gasteiger partial charge on any atom is -0.489 e. The first-order chi connectivity index (χ1) is 16.5. The number of benzene rings is 2. The molecule has 0 radical (unpaired) electrons. The van der Waals surface area contributed by atoms with Crippen LogP contribution in [0.2, 0.25) is 0 Å². The molecule has 0 aliphatic rings. The fourth-order valence-corrected chi connectivity index (χ4v) is 3.33. The van der Waals surface area contributed by atoms with E-state index in [-0.39, 0.29) is 18.2 Å². The van der Waals surface area contributed by atoms with E-state index in [1.165, 1.54) is 6.20 Å². The number of hydrogen-bond acceptors (Lipinski definition) is 6. The van der Waals surface area contributed by atoms with E-state index >= 15 is 0 Å². The molecule has 0 spiro atoms. The van der Waals surface area contributed by atoms with Gasteiger partial charge < -0.3 is 19.9 Å². The van der Waals surface area contributed by atoms with Crippen LogP contribution in [0.5, 0.6) is 5.75 Å². The number of carbonyl (C=O) groups excluding carboxylic acids is 2. The number of nitrogens with zero attached hydrogens (tertiary/aromatic N) is 2. The summed E-state index contributed by atoms with van der Waals surface area (Å²) in [6, 6.07) is 17.7. The topological polar surface area (TPSA) is 106 Å². The third-order valence-electron chi connectivity index (χ3n) is 5.18. The zero-order chi connectivity index (χ0) is 23.9. The zero-order valence-corrected chi connectivity index (χ0v) is 18.9. The molecule has 2 amide bonds. The number of aryl methyl sites for hydroxylation is 2. The molecule has 0 saturated heterocycles. The summed E-state index contributed by atoms with van der Waals surface area (Å²) in [6.45, 7) is 4.10. The second-order valence-corrected chi connectivity index (χ2v) is 7.74. The Bertz CT molecular complexity index is 1260. The lowest BCUT2D eigenvalue weighted by Gasteiger charge is -2.10. The molecule has 34 heavy (non-hydrogen) atoms. The Kier molecular flexibility index (Phi) is 6.98. The lowest BCUT2D eigenvalue weighted by Crippen LogP contribution is -2.15. The number of amides is 2. The van der Waals surface area contributed by atoms with Gasteiger partial charge in [0.2, 0.25) is 5.91 Å². The number of pyridine rings is 1. The number of hydrogen-bond donors (Lipinski definition) is 2. The number of nitrogens with one attached hydrogen (secondary N) is 2. The fourth-order valence-electron chi connectivity index (χ4n) is 3.33. The summed E-state index contributed by atoms with van der Waals surface area (Å²) < 4.78 is 10.9. The summed E-state index contributed by atoms with van der Waals surface area (Å²) in [5.74, 6) is 1.00. The van der Waals surface area contributed by atoms with E-state index in [4.69, 9.17) is 9.26 Å². The highest BCUT2D eigenvalue weighted by molar-refractivity contribution is 6.04. The highest BCUT2D eigenvalue weighted by atomic mass is 16.5. The highest BCUT2D eigenvalue weighted by Gasteiger charge is 2.11. The monoisotopic (exact) mass is 456 g/mol. The predicted octanol–water partition coefficient (Wildman–Crippen LogP) is 4.70. The van der Waals surface area contributed by atoms with E-state index in [0.29, 0.717) is 29.3 Å². The van der Waals surface area contributed by atoms with Crippen LogP contribution in [0.4, 0.5) is 11.4 Å². The van der Waals surface area contributed by atoms with Crippen molar-refractivity contribution < 1.29 is 18.8 Å². The predicted molar refractivity (Wildman–Crippen MR) is 128 cm³/mol. The quantitative estimate of drug-likeness (QED) is 0.398. The molecule has 0 aliphatic carbocycles. The van der Waals surface area contributed by atoms with Crippen LogP contribution in [0.25, 0.3) is 0 Å². The molecule has 0 saturated carbocycles. The molecule has 2 aromatic heterocycles. The van der Waals surface area contributed by atoms with E-state index in [1.807, 2.05) is 38.1 Å². The average molecular weight is 457 g/mol. The second kappa shape index (κ2) is 10.4. The minimum absolute atomic E-state index is 0.167. The highest BCUT2D eigenvalue weighted by Crippen LogP contribution is 2.19. The number of ether oxygens (including phenoxy) is 1. The van der Waals surface area contributed by atoms with Gasteiger partial charge in [-0.3, -0.25) is 14.6 Å². The Labute approximate surface area is 197 Å². The van der Waals surface area contributed by atoms with Crippen molar-refractivity contribution in [3.05, 3.63) is 101 Å². The van der Waals surface area contributed by atoms with Gasteiger partial charge >= 0.3 is 0 Å². The molecule has 0 unspecified atom stereocenters. The van der Waals surface area contributed by atoms with Gasteiger partial charge in [0.15, 0.2) is 0 Å². The van der Waals surface area contributed by atoms with Gasteiger partial charge in [0.1, 0.15) is 18.1 Å². The van der Waals surface area contributed by atoms with Crippen LogP contribution in [0.3, 0.4) is 0 Å². The van der Waals surface area contributed by atoms with Gasteiger partial charge in [0.25, 0.3) is 5.91 Å². The molecule has 0 aliphatic heterocycles. The molecular weight excluding hydrogens is 432 g/mol. The molecule has 0 bridgehead atoms. The first kappa shape index (κ1) is 22.7. The molecule has 4 aromatic rings. The van der Waals surface area contributed by atoms with E-state index in [9.17, 15) is 9.59 Å². The largest absolute Gasteiger partial charge is 0.489 e. The van der Waals surface area contributed by atoms with Gasteiger partial charge in [-0.1, -0.05) is 23.4 Å². The number of aromatic nitrogens is 2. The maximum atomic E-state index is 12.5. The summed E-state index contributed by atoms with van der Waals surface area (Å²) in [5.41, 5.74) is 4.22. The van der Waals surface area contributed by atoms with Gasteiger partial charge in [-0.2, -0.15) is 0 Å². The van der Waals surface area contributed by atoms with Crippen LogP contribution in [0.15, 0.2) is 77.6 Å². The van der Waals surface area contributed by atoms with Crippen LogP contribution >= 0.6 is 0 Å². The molecule has 172 valence electrons. The number of anilines is 2. The summed E-state index contributed by atoms with van der Waals surface area (Å²) in [7, 11) is 0. The maximum Gasteiger partial charge on any atom is 0.257 e. The summed E-state index contributed by atoms with van der Waals surface area (Å²) >= 11 is 0. The molecule has 8 heteroatoms. The van der Waals surface area contributed by atoms with Gasteiger partial charge in [-0.15, -0.1) is 0 Å². The van der Waals surface area contributed by atoms with Gasteiger partial charge in [0.05, 0.1) is 23.2 Å². The Balaban J connectivity index is 1.30. The summed E-state index contributed by atoms with van der Waals surface area (Å²) in [6.07, 6.45) is 3.30. The third kappa shape index (κ3) is 5.86.